The summed E-state index contributed by atoms with van der Waals surface area (Å²) in [4.78, 5) is 38.1. The van der Waals surface area contributed by atoms with Crippen molar-refractivity contribution in [1.82, 2.24) is 0 Å². The first-order valence-electron chi connectivity index (χ1n) is 30.8. The van der Waals surface area contributed by atoms with Crippen molar-refractivity contribution in [3.63, 3.8) is 0 Å². The van der Waals surface area contributed by atoms with Crippen LogP contribution in [0, 0.1) is 0 Å². The number of hydrogen-bond acceptors (Lipinski definition) is 6. The maximum Gasteiger partial charge on any atom is 0.310 e. The Bertz CT molecular complexity index is 1280. The fraction of sp³-hybridized carbons (Fsp3) is 0.800. The molecule has 6 heteroatoms. The molecule has 0 amide bonds. The predicted molar refractivity (Wildman–Crippen MR) is 307 cm³/mol. The first kappa shape index (κ1) is 68.1. The second kappa shape index (κ2) is 59.7. The Morgan fingerprint density at radius 1 is 0.296 bits per heavy atom. The Morgan fingerprint density at radius 3 is 0.803 bits per heavy atom. The Labute approximate surface area is 440 Å². The lowest BCUT2D eigenvalue weighted by molar-refractivity contribution is -0.166. The monoisotopic (exact) mass is 993 g/mol. The number of carbonyl (C=O) groups is 3. The molecule has 71 heavy (non-hydrogen) atoms. The number of rotatable bonds is 56. The summed E-state index contributed by atoms with van der Waals surface area (Å²) in [5, 5.41) is 0. The molecule has 0 fully saturated rings. The molecular weight excluding hydrogens is 877 g/mol. The third-order valence-electron chi connectivity index (χ3n) is 13.6. The van der Waals surface area contributed by atoms with Crippen molar-refractivity contribution in [3.05, 3.63) is 60.8 Å². The molecule has 6 nitrogen and oxygen atoms in total. The number of hydrogen-bond donors (Lipinski definition) is 0. The Morgan fingerprint density at radius 2 is 0.535 bits per heavy atom. The first-order chi connectivity index (χ1) is 35.0. The van der Waals surface area contributed by atoms with Crippen LogP contribution in [0.4, 0.5) is 0 Å². The van der Waals surface area contributed by atoms with Gasteiger partial charge in [0.05, 0.1) is 6.42 Å². The summed E-state index contributed by atoms with van der Waals surface area (Å²) in [6, 6.07) is 0. The lowest BCUT2D eigenvalue weighted by Crippen LogP contribution is -2.30. The molecule has 0 saturated carbocycles. The van der Waals surface area contributed by atoms with Crippen LogP contribution in [0.3, 0.4) is 0 Å². The van der Waals surface area contributed by atoms with Crippen LogP contribution in [0.25, 0.3) is 0 Å². The summed E-state index contributed by atoms with van der Waals surface area (Å²) in [7, 11) is 0. The van der Waals surface area contributed by atoms with Gasteiger partial charge in [-0.1, -0.05) is 313 Å². The normalized spacial score (nSPS) is 12.4. The van der Waals surface area contributed by atoms with E-state index in [1.54, 1.807) is 6.08 Å². The molecule has 0 aromatic carbocycles. The quantitative estimate of drug-likeness (QED) is 0.0261. The van der Waals surface area contributed by atoms with Gasteiger partial charge in [0.1, 0.15) is 13.2 Å². The van der Waals surface area contributed by atoms with Crippen molar-refractivity contribution in [1.29, 1.82) is 0 Å². The highest BCUT2D eigenvalue weighted by Crippen LogP contribution is 2.17. The van der Waals surface area contributed by atoms with E-state index in [0.717, 1.165) is 70.6 Å². The van der Waals surface area contributed by atoms with Gasteiger partial charge in [0.15, 0.2) is 6.10 Å². The van der Waals surface area contributed by atoms with Gasteiger partial charge in [-0.3, -0.25) is 14.4 Å². The summed E-state index contributed by atoms with van der Waals surface area (Å²) in [6.07, 6.45) is 75.5. The smallest absolute Gasteiger partial charge is 0.310 e. The third kappa shape index (κ3) is 57.9. The van der Waals surface area contributed by atoms with Crippen LogP contribution in [0.15, 0.2) is 60.8 Å². The maximum absolute atomic E-state index is 12.8. The summed E-state index contributed by atoms with van der Waals surface area (Å²) >= 11 is 0. The third-order valence-corrected chi connectivity index (χ3v) is 13.6. The van der Waals surface area contributed by atoms with Crippen LogP contribution in [0.5, 0.6) is 0 Å². The van der Waals surface area contributed by atoms with Crippen LogP contribution < -0.4 is 0 Å². The van der Waals surface area contributed by atoms with Crippen molar-refractivity contribution in [3.8, 4) is 0 Å². The highest BCUT2D eigenvalue weighted by Gasteiger charge is 2.19. The summed E-state index contributed by atoms with van der Waals surface area (Å²) < 4.78 is 16.8. The van der Waals surface area contributed by atoms with Crippen molar-refractivity contribution in [2.45, 2.75) is 322 Å². The molecule has 0 aliphatic carbocycles. The largest absolute Gasteiger partial charge is 0.462 e. The highest BCUT2D eigenvalue weighted by molar-refractivity contribution is 5.72. The van der Waals surface area contributed by atoms with Crippen LogP contribution in [0.2, 0.25) is 0 Å². The standard InChI is InChI=1S/C65H116O6/c1-4-7-10-13-16-19-22-25-28-29-30-31-32-33-34-35-36-38-40-43-46-49-52-55-58-64(67)70-61-62(60-69-63(66)57-54-51-48-45-42-39-27-24-21-18-15-12-9-6-3)71-65(68)59-56-53-50-47-44-41-37-26-23-20-17-14-11-8-5-2/h8,11,17,20,26,37,44,47,53,56,62H,4-7,9-10,12-16,18-19,21-25,27-36,38-43,45-46,48-52,54-55,57-61H2,1-3H3/b11-8-,20-17-,37-26-,47-44-,56-53-. The van der Waals surface area contributed by atoms with Gasteiger partial charge >= 0.3 is 17.9 Å². The minimum Gasteiger partial charge on any atom is -0.462 e. The summed E-state index contributed by atoms with van der Waals surface area (Å²) in [5.41, 5.74) is 0. The fourth-order valence-electron chi connectivity index (χ4n) is 8.99. The van der Waals surface area contributed by atoms with E-state index in [1.165, 1.54) is 205 Å². The summed E-state index contributed by atoms with van der Waals surface area (Å²) in [6.45, 7) is 6.49. The Balaban J connectivity index is 4.32. The van der Waals surface area contributed by atoms with E-state index < -0.39 is 12.1 Å². The van der Waals surface area contributed by atoms with E-state index >= 15 is 0 Å². The molecule has 1 unspecified atom stereocenters. The van der Waals surface area contributed by atoms with Gasteiger partial charge in [-0.05, 0) is 44.9 Å². The Kier molecular flexibility index (Phi) is 57.2. The number of unbranched alkanes of at least 4 members (excludes halogenated alkanes) is 36. The van der Waals surface area contributed by atoms with Crippen LogP contribution >= 0.6 is 0 Å². The van der Waals surface area contributed by atoms with E-state index in [-0.39, 0.29) is 31.6 Å². The van der Waals surface area contributed by atoms with E-state index in [1.807, 2.05) is 6.08 Å². The zero-order valence-electron chi connectivity index (χ0n) is 47.2. The van der Waals surface area contributed by atoms with Gasteiger partial charge in [-0.25, -0.2) is 0 Å². The lowest BCUT2D eigenvalue weighted by Gasteiger charge is -2.18. The molecule has 0 saturated heterocycles. The molecule has 0 spiro atoms. The fourth-order valence-corrected chi connectivity index (χ4v) is 8.99. The minimum atomic E-state index is -0.825. The number of allylic oxidation sites excluding steroid dienone is 9. The molecule has 0 aromatic rings. The average Bonchev–Trinajstić information content (AvgIpc) is 3.37. The van der Waals surface area contributed by atoms with Crippen molar-refractivity contribution in [2.75, 3.05) is 13.2 Å². The van der Waals surface area contributed by atoms with Crippen molar-refractivity contribution in [2.24, 2.45) is 0 Å². The maximum atomic E-state index is 12.8. The van der Waals surface area contributed by atoms with E-state index in [0.29, 0.717) is 12.8 Å². The van der Waals surface area contributed by atoms with Gasteiger partial charge in [0.25, 0.3) is 0 Å². The summed E-state index contributed by atoms with van der Waals surface area (Å²) in [5.74, 6) is -1.02. The molecule has 0 N–H and O–H groups in total. The minimum absolute atomic E-state index is 0.102. The van der Waals surface area contributed by atoms with Gasteiger partial charge < -0.3 is 14.2 Å². The zero-order chi connectivity index (χ0) is 51.4. The van der Waals surface area contributed by atoms with Gasteiger partial charge in [-0.15, -0.1) is 0 Å². The second-order valence-electron chi connectivity index (χ2n) is 20.6. The van der Waals surface area contributed by atoms with E-state index in [4.69, 9.17) is 14.2 Å². The zero-order valence-corrected chi connectivity index (χ0v) is 47.2. The predicted octanol–water partition coefficient (Wildman–Crippen LogP) is 20.8. The van der Waals surface area contributed by atoms with Gasteiger partial charge in [-0.2, -0.15) is 0 Å². The molecule has 0 aliphatic heterocycles. The van der Waals surface area contributed by atoms with E-state index in [9.17, 15) is 14.4 Å². The number of esters is 3. The first-order valence-corrected chi connectivity index (χ1v) is 30.8. The van der Waals surface area contributed by atoms with Gasteiger partial charge in [0.2, 0.25) is 0 Å². The molecule has 1 atom stereocenters. The molecule has 0 bridgehead atoms. The molecule has 0 radical (unpaired) electrons. The SMILES string of the molecule is CC/C=C\C/C=C\C/C=C\C/C=C\C/C=C\CC(=O)OC(COC(=O)CCCCCCCCCCCCCCCC)COC(=O)CCCCCCCCCCCCCCCCCCCCCCCCCC. The average molecular weight is 994 g/mol. The lowest BCUT2D eigenvalue weighted by atomic mass is 10.0. The Hall–Kier alpha value is -2.89. The van der Waals surface area contributed by atoms with Crippen LogP contribution in [-0.4, -0.2) is 37.2 Å². The van der Waals surface area contributed by atoms with Crippen molar-refractivity contribution < 1.29 is 28.6 Å². The van der Waals surface area contributed by atoms with Crippen LogP contribution in [0.1, 0.15) is 316 Å². The van der Waals surface area contributed by atoms with Crippen molar-refractivity contribution >= 4 is 17.9 Å². The van der Waals surface area contributed by atoms with Gasteiger partial charge in [0, 0.05) is 12.8 Å². The topological polar surface area (TPSA) is 78.9 Å². The van der Waals surface area contributed by atoms with E-state index in [2.05, 4.69) is 69.4 Å². The number of ether oxygens (including phenoxy) is 3. The second-order valence-corrected chi connectivity index (χ2v) is 20.6. The molecule has 412 valence electrons. The molecule has 0 aliphatic rings. The van der Waals surface area contributed by atoms with Crippen LogP contribution in [-0.2, 0) is 28.6 Å². The molecule has 0 aromatic heterocycles. The molecule has 0 heterocycles. The highest BCUT2D eigenvalue weighted by atomic mass is 16.6. The molecular formula is C65H116O6. The number of carbonyl (C=O) groups excluding carboxylic acids is 3. The molecule has 0 rings (SSSR count).